The third-order valence-corrected chi connectivity index (χ3v) is 6.03. The zero-order valence-electron chi connectivity index (χ0n) is 16.2. The summed E-state index contributed by atoms with van der Waals surface area (Å²) in [6, 6.07) is 9.22. The molecular weight excluding hydrogens is 368 g/mol. The molecule has 0 bridgehead atoms. The van der Waals surface area contributed by atoms with Crippen LogP contribution in [-0.2, 0) is 6.54 Å². The SMILES string of the molecule is O=C(Nc1cc(C2CCCCC2)no1)c1ccc2cc3n(c2c1)CCCNC3=O. The number of nitrogens with zero attached hydrogens (tertiary/aromatic N) is 2. The van der Waals surface area contributed by atoms with Crippen molar-refractivity contribution < 1.29 is 14.1 Å². The van der Waals surface area contributed by atoms with Gasteiger partial charge in [0, 0.05) is 41.5 Å². The molecule has 3 aromatic rings. The van der Waals surface area contributed by atoms with Crippen LogP contribution in [0.15, 0.2) is 34.9 Å². The first-order valence-electron chi connectivity index (χ1n) is 10.4. The van der Waals surface area contributed by atoms with Gasteiger partial charge in [-0.05, 0) is 37.5 Å². The number of anilines is 1. The lowest BCUT2D eigenvalue weighted by Crippen LogP contribution is -2.22. The molecule has 29 heavy (non-hydrogen) atoms. The van der Waals surface area contributed by atoms with Gasteiger partial charge in [-0.15, -0.1) is 0 Å². The van der Waals surface area contributed by atoms with E-state index in [0.29, 0.717) is 29.6 Å². The van der Waals surface area contributed by atoms with Crippen molar-refractivity contribution in [3.63, 3.8) is 0 Å². The molecule has 0 radical (unpaired) electrons. The van der Waals surface area contributed by atoms with Gasteiger partial charge in [-0.2, -0.15) is 0 Å². The monoisotopic (exact) mass is 392 g/mol. The van der Waals surface area contributed by atoms with Crippen LogP contribution in [0.2, 0.25) is 0 Å². The summed E-state index contributed by atoms with van der Waals surface area (Å²) in [4.78, 5) is 25.0. The van der Waals surface area contributed by atoms with Crippen LogP contribution in [0.4, 0.5) is 5.88 Å². The van der Waals surface area contributed by atoms with Gasteiger partial charge in [0.15, 0.2) is 0 Å². The van der Waals surface area contributed by atoms with Crippen LogP contribution in [0.25, 0.3) is 10.9 Å². The number of hydrogen-bond acceptors (Lipinski definition) is 4. The molecule has 0 unspecified atom stereocenters. The number of fused-ring (bicyclic) bond motifs is 3. The third-order valence-electron chi connectivity index (χ3n) is 6.03. The maximum absolute atomic E-state index is 12.8. The van der Waals surface area contributed by atoms with E-state index in [0.717, 1.165) is 42.4 Å². The molecule has 1 aliphatic carbocycles. The minimum atomic E-state index is -0.244. The number of carbonyl (C=O) groups is 2. The van der Waals surface area contributed by atoms with Crippen molar-refractivity contribution in [1.82, 2.24) is 15.0 Å². The molecule has 5 rings (SSSR count). The van der Waals surface area contributed by atoms with E-state index in [1.54, 1.807) is 6.07 Å². The second kappa shape index (κ2) is 7.39. The normalized spacial score (nSPS) is 17.6. The van der Waals surface area contributed by atoms with E-state index in [1.807, 2.05) is 28.8 Å². The standard InChI is InChI=1S/C22H24N4O3/c27-21(24-20-13-17(25-29-20)14-5-2-1-3-6-14)16-8-7-15-11-19-22(28)23-9-4-10-26(19)18(15)12-16/h7-8,11-14H,1-6,9-10H2,(H,23,28)(H,24,27). The van der Waals surface area contributed by atoms with Crippen molar-refractivity contribution in [3.05, 3.63) is 47.3 Å². The van der Waals surface area contributed by atoms with Crippen LogP contribution >= 0.6 is 0 Å². The molecule has 150 valence electrons. The van der Waals surface area contributed by atoms with E-state index in [1.165, 1.54) is 19.3 Å². The molecule has 0 spiro atoms. The fraction of sp³-hybridized carbons (Fsp3) is 0.409. The Morgan fingerprint density at radius 3 is 2.86 bits per heavy atom. The van der Waals surface area contributed by atoms with Gasteiger partial charge in [0.1, 0.15) is 5.69 Å². The molecule has 1 aromatic carbocycles. The minimum Gasteiger partial charge on any atom is -0.351 e. The van der Waals surface area contributed by atoms with Gasteiger partial charge in [-0.3, -0.25) is 14.9 Å². The maximum Gasteiger partial charge on any atom is 0.267 e. The number of nitrogens with one attached hydrogen (secondary N) is 2. The van der Waals surface area contributed by atoms with Crippen molar-refractivity contribution in [2.45, 2.75) is 51.0 Å². The van der Waals surface area contributed by atoms with E-state index in [-0.39, 0.29) is 11.8 Å². The number of aromatic nitrogens is 2. The molecule has 2 aromatic heterocycles. The highest BCUT2D eigenvalue weighted by Crippen LogP contribution is 2.33. The van der Waals surface area contributed by atoms with Crippen LogP contribution < -0.4 is 10.6 Å². The fourth-order valence-corrected chi connectivity index (χ4v) is 4.48. The average Bonchev–Trinajstić information content (AvgIpc) is 3.31. The van der Waals surface area contributed by atoms with Gasteiger partial charge in [-0.1, -0.05) is 30.5 Å². The van der Waals surface area contributed by atoms with Crippen LogP contribution in [0.1, 0.15) is 71.0 Å². The summed E-state index contributed by atoms with van der Waals surface area (Å²) in [5, 5.41) is 10.8. The lowest BCUT2D eigenvalue weighted by atomic mass is 9.87. The largest absolute Gasteiger partial charge is 0.351 e. The maximum atomic E-state index is 12.8. The predicted molar refractivity (Wildman–Crippen MR) is 109 cm³/mol. The van der Waals surface area contributed by atoms with Crippen LogP contribution in [0.5, 0.6) is 0 Å². The van der Waals surface area contributed by atoms with Gasteiger partial charge in [0.05, 0.1) is 5.69 Å². The highest BCUT2D eigenvalue weighted by molar-refractivity contribution is 6.06. The topological polar surface area (TPSA) is 89.2 Å². The quantitative estimate of drug-likeness (QED) is 0.703. The predicted octanol–water partition coefficient (Wildman–Crippen LogP) is 4.06. The summed E-state index contributed by atoms with van der Waals surface area (Å²) < 4.78 is 7.35. The van der Waals surface area contributed by atoms with Crippen LogP contribution in [0, 0.1) is 0 Å². The van der Waals surface area contributed by atoms with Crippen molar-refractivity contribution in [2.75, 3.05) is 11.9 Å². The zero-order chi connectivity index (χ0) is 19.8. The molecule has 0 atom stereocenters. The van der Waals surface area contributed by atoms with Crippen molar-refractivity contribution >= 4 is 28.6 Å². The van der Waals surface area contributed by atoms with E-state index < -0.39 is 0 Å². The number of amides is 2. The number of aryl methyl sites for hydroxylation is 1. The lowest BCUT2D eigenvalue weighted by Gasteiger charge is -2.18. The average molecular weight is 392 g/mol. The van der Waals surface area contributed by atoms with Crippen molar-refractivity contribution in [3.8, 4) is 0 Å². The Morgan fingerprint density at radius 2 is 2.00 bits per heavy atom. The summed E-state index contributed by atoms with van der Waals surface area (Å²) >= 11 is 0. The first-order chi connectivity index (χ1) is 14.2. The molecule has 3 heterocycles. The van der Waals surface area contributed by atoms with Crippen molar-refractivity contribution in [1.29, 1.82) is 0 Å². The molecule has 1 saturated carbocycles. The van der Waals surface area contributed by atoms with Gasteiger partial charge < -0.3 is 14.4 Å². The second-order valence-electron chi connectivity index (χ2n) is 7.97. The zero-order valence-corrected chi connectivity index (χ0v) is 16.2. The summed E-state index contributed by atoms with van der Waals surface area (Å²) in [7, 11) is 0. The highest BCUT2D eigenvalue weighted by atomic mass is 16.5. The van der Waals surface area contributed by atoms with E-state index in [9.17, 15) is 9.59 Å². The number of benzene rings is 1. The third kappa shape index (κ3) is 3.41. The smallest absolute Gasteiger partial charge is 0.267 e. The van der Waals surface area contributed by atoms with Gasteiger partial charge in [-0.25, -0.2) is 0 Å². The highest BCUT2D eigenvalue weighted by Gasteiger charge is 2.21. The summed E-state index contributed by atoms with van der Waals surface area (Å²) in [5.74, 6) is 0.495. The lowest BCUT2D eigenvalue weighted by molar-refractivity contribution is 0.0950. The molecule has 1 fully saturated rings. The molecule has 1 aliphatic heterocycles. The number of carbonyl (C=O) groups excluding carboxylic acids is 2. The Kier molecular flexibility index (Phi) is 4.58. The Balaban J connectivity index is 1.38. The van der Waals surface area contributed by atoms with Gasteiger partial charge in [0.2, 0.25) is 5.88 Å². The van der Waals surface area contributed by atoms with Gasteiger partial charge >= 0.3 is 0 Å². The Morgan fingerprint density at radius 1 is 1.14 bits per heavy atom. The van der Waals surface area contributed by atoms with Crippen molar-refractivity contribution in [2.24, 2.45) is 0 Å². The Hall–Kier alpha value is -3.09. The molecule has 7 nitrogen and oxygen atoms in total. The van der Waals surface area contributed by atoms with E-state index in [4.69, 9.17) is 4.52 Å². The summed E-state index contributed by atoms with van der Waals surface area (Å²) in [6.45, 7) is 1.41. The minimum absolute atomic E-state index is 0.0680. The summed E-state index contributed by atoms with van der Waals surface area (Å²) in [5.41, 5.74) is 2.99. The first-order valence-corrected chi connectivity index (χ1v) is 10.4. The van der Waals surface area contributed by atoms with Crippen LogP contribution in [0.3, 0.4) is 0 Å². The molecular formula is C22H24N4O3. The number of hydrogen-bond donors (Lipinski definition) is 2. The second-order valence-corrected chi connectivity index (χ2v) is 7.97. The van der Waals surface area contributed by atoms with Crippen LogP contribution in [-0.4, -0.2) is 28.1 Å². The summed E-state index contributed by atoms with van der Waals surface area (Å²) in [6.07, 6.45) is 6.84. The Bertz CT molecular complexity index is 1080. The van der Waals surface area contributed by atoms with E-state index in [2.05, 4.69) is 15.8 Å². The molecule has 2 amide bonds. The molecule has 2 N–H and O–H groups in total. The first kappa shape index (κ1) is 18.0. The van der Waals surface area contributed by atoms with Gasteiger partial charge in [0.25, 0.3) is 11.8 Å². The molecule has 2 aliphatic rings. The Labute approximate surface area is 168 Å². The molecule has 7 heteroatoms. The van der Waals surface area contributed by atoms with E-state index >= 15 is 0 Å². The molecule has 0 saturated heterocycles. The number of rotatable bonds is 3. The fourth-order valence-electron chi connectivity index (χ4n) is 4.48.